The summed E-state index contributed by atoms with van der Waals surface area (Å²) in [7, 11) is 0. The molecule has 0 aliphatic carbocycles. The van der Waals surface area contributed by atoms with Gasteiger partial charge in [0.1, 0.15) is 5.82 Å². The van der Waals surface area contributed by atoms with Crippen LogP contribution in [0, 0.1) is 0 Å². The van der Waals surface area contributed by atoms with Crippen molar-refractivity contribution in [1.82, 2.24) is 19.9 Å². The third-order valence-electron chi connectivity index (χ3n) is 5.44. The summed E-state index contributed by atoms with van der Waals surface area (Å²) in [5.74, 6) is 1.93. The molecule has 9 heteroatoms. The molecular weight excluding hydrogens is 398 g/mol. The molecule has 3 aromatic rings. The number of hydrogen-bond acceptors (Lipinski definition) is 9. The van der Waals surface area contributed by atoms with Gasteiger partial charge in [0.25, 0.3) is 0 Å². The molecule has 1 aromatic carbocycles. The molecule has 1 fully saturated rings. The predicted octanol–water partition coefficient (Wildman–Crippen LogP) is 2.77. The number of nitrogens with zero attached hydrogens (tertiary/aromatic N) is 6. The van der Waals surface area contributed by atoms with E-state index >= 15 is 0 Å². The third-order valence-corrected chi connectivity index (χ3v) is 6.18. The Morgan fingerprint density at radius 2 is 1.73 bits per heavy atom. The molecule has 2 aliphatic rings. The lowest BCUT2D eigenvalue weighted by Gasteiger charge is -2.28. The van der Waals surface area contributed by atoms with Crippen molar-refractivity contribution in [3.8, 4) is 11.3 Å². The van der Waals surface area contributed by atoms with Gasteiger partial charge in [-0.2, -0.15) is 4.98 Å². The standard InChI is InChI=1S/C21H23N7OS/c1-30-16-4-2-15(3-5-16)28-7-6-17-18(14-12-23-20(22)24-13-14)25-21(26-19(17)28)27-8-10-29-11-9-27/h2-5,12-13H,6-11H2,1H3,(H2,22,23,24). The molecule has 0 unspecified atom stereocenters. The Balaban J connectivity index is 1.61. The summed E-state index contributed by atoms with van der Waals surface area (Å²) in [5.41, 5.74) is 9.69. The summed E-state index contributed by atoms with van der Waals surface area (Å²) in [6, 6.07) is 8.61. The van der Waals surface area contributed by atoms with Crippen LogP contribution in [0.3, 0.4) is 0 Å². The number of hydrogen-bond donors (Lipinski definition) is 1. The van der Waals surface area contributed by atoms with Gasteiger partial charge in [-0.15, -0.1) is 11.8 Å². The second-order valence-electron chi connectivity index (χ2n) is 7.20. The first-order chi connectivity index (χ1) is 14.7. The lowest BCUT2D eigenvalue weighted by Crippen LogP contribution is -2.37. The van der Waals surface area contributed by atoms with Gasteiger partial charge in [0.2, 0.25) is 11.9 Å². The maximum Gasteiger partial charge on any atom is 0.228 e. The molecule has 0 atom stereocenters. The van der Waals surface area contributed by atoms with Gasteiger partial charge in [-0.1, -0.05) is 0 Å². The van der Waals surface area contributed by atoms with Crippen molar-refractivity contribution in [2.45, 2.75) is 11.3 Å². The molecular formula is C21H23N7OS. The van der Waals surface area contributed by atoms with E-state index in [4.69, 9.17) is 20.4 Å². The van der Waals surface area contributed by atoms with Crippen LogP contribution in [0.15, 0.2) is 41.6 Å². The zero-order valence-corrected chi connectivity index (χ0v) is 17.6. The van der Waals surface area contributed by atoms with E-state index in [1.54, 1.807) is 24.2 Å². The van der Waals surface area contributed by atoms with Gasteiger partial charge >= 0.3 is 0 Å². The summed E-state index contributed by atoms with van der Waals surface area (Å²) in [6.07, 6.45) is 6.43. The van der Waals surface area contributed by atoms with Crippen LogP contribution in [0.5, 0.6) is 0 Å². The van der Waals surface area contributed by atoms with Crippen LogP contribution in [-0.4, -0.2) is 59.0 Å². The van der Waals surface area contributed by atoms with Crippen molar-refractivity contribution in [2.24, 2.45) is 0 Å². The Hall–Kier alpha value is -2.91. The molecule has 0 amide bonds. The molecule has 0 radical (unpaired) electrons. The fourth-order valence-corrected chi connectivity index (χ4v) is 4.27. The van der Waals surface area contributed by atoms with E-state index in [1.165, 1.54) is 4.90 Å². The summed E-state index contributed by atoms with van der Waals surface area (Å²) in [4.78, 5) is 24.0. The summed E-state index contributed by atoms with van der Waals surface area (Å²) in [6.45, 7) is 3.77. The number of anilines is 4. The molecule has 0 saturated carbocycles. The van der Waals surface area contributed by atoms with Gasteiger partial charge in [-0.25, -0.2) is 15.0 Å². The number of rotatable bonds is 4. The number of ether oxygens (including phenoxy) is 1. The number of aromatic nitrogens is 4. The lowest BCUT2D eigenvalue weighted by atomic mass is 10.1. The van der Waals surface area contributed by atoms with E-state index in [0.29, 0.717) is 13.2 Å². The predicted molar refractivity (Wildman–Crippen MR) is 119 cm³/mol. The van der Waals surface area contributed by atoms with Gasteiger partial charge in [-0.3, -0.25) is 0 Å². The van der Waals surface area contributed by atoms with Crippen LogP contribution in [0.2, 0.25) is 0 Å². The normalized spacial score (nSPS) is 16.0. The maximum absolute atomic E-state index is 5.70. The van der Waals surface area contributed by atoms with Crippen LogP contribution in [0.4, 0.5) is 23.4 Å². The summed E-state index contributed by atoms with van der Waals surface area (Å²) in [5, 5.41) is 0. The fraction of sp³-hybridized carbons (Fsp3) is 0.333. The van der Waals surface area contributed by atoms with Crippen molar-refractivity contribution in [3.05, 3.63) is 42.2 Å². The quantitative estimate of drug-likeness (QED) is 0.638. The number of nitrogens with two attached hydrogens (primary N) is 1. The van der Waals surface area contributed by atoms with Crippen molar-refractivity contribution in [1.29, 1.82) is 0 Å². The highest BCUT2D eigenvalue weighted by Gasteiger charge is 2.29. The molecule has 30 heavy (non-hydrogen) atoms. The summed E-state index contributed by atoms with van der Waals surface area (Å²) >= 11 is 1.74. The van der Waals surface area contributed by atoms with E-state index in [-0.39, 0.29) is 5.95 Å². The second kappa shape index (κ2) is 8.08. The smallest absolute Gasteiger partial charge is 0.228 e. The van der Waals surface area contributed by atoms with Crippen LogP contribution < -0.4 is 15.5 Å². The molecule has 2 N–H and O–H groups in total. The monoisotopic (exact) mass is 421 g/mol. The number of benzene rings is 1. The average Bonchev–Trinajstić information content (AvgIpc) is 3.24. The molecule has 4 heterocycles. The molecule has 8 nitrogen and oxygen atoms in total. The molecule has 5 rings (SSSR count). The SMILES string of the molecule is CSc1ccc(N2CCc3c(-c4cnc(N)nc4)nc(N4CCOCC4)nc32)cc1. The molecule has 0 spiro atoms. The second-order valence-corrected chi connectivity index (χ2v) is 8.08. The first kappa shape index (κ1) is 19.1. The van der Waals surface area contributed by atoms with Crippen molar-refractivity contribution >= 4 is 35.2 Å². The first-order valence-electron chi connectivity index (χ1n) is 9.96. The van der Waals surface area contributed by atoms with E-state index in [9.17, 15) is 0 Å². The number of nitrogen functional groups attached to an aromatic ring is 1. The summed E-state index contributed by atoms with van der Waals surface area (Å²) < 4.78 is 5.51. The Bertz CT molecular complexity index is 1040. The lowest BCUT2D eigenvalue weighted by molar-refractivity contribution is 0.122. The average molecular weight is 422 g/mol. The van der Waals surface area contributed by atoms with Crippen LogP contribution in [0.25, 0.3) is 11.3 Å². The zero-order chi connectivity index (χ0) is 20.5. The Morgan fingerprint density at radius 3 is 2.43 bits per heavy atom. The van der Waals surface area contributed by atoms with Gasteiger partial charge in [0, 0.05) is 53.7 Å². The number of thioether (sulfide) groups is 1. The minimum Gasteiger partial charge on any atom is -0.378 e. The van der Waals surface area contributed by atoms with Crippen LogP contribution in [-0.2, 0) is 11.2 Å². The Morgan fingerprint density at radius 1 is 1.00 bits per heavy atom. The van der Waals surface area contributed by atoms with Crippen molar-refractivity contribution in [3.63, 3.8) is 0 Å². The van der Waals surface area contributed by atoms with Gasteiger partial charge < -0.3 is 20.3 Å². The van der Waals surface area contributed by atoms with Crippen molar-refractivity contribution in [2.75, 3.05) is 54.6 Å². The maximum atomic E-state index is 5.70. The minimum atomic E-state index is 0.258. The zero-order valence-electron chi connectivity index (χ0n) is 16.8. The molecule has 1 saturated heterocycles. The van der Waals surface area contributed by atoms with E-state index in [2.05, 4.69) is 50.3 Å². The topological polar surface area (TPSA) is 93.3 Å². The third kappa shape index (κ3) is 3.54. The van der Waals surface area contributed by atoms with Crippen molar-refractivity contribution < 1.29 is 4.74 Å². The van der Waals surface area contributed by atoms with Crippen LogP contribution >= 0.6 is 11.8 Å². The van der Waals surface area contributed by atoms with Gasteiger partial charge in [-0.05, 0) is 36.9 Å². The van der Waals surface area contributed by atoms with Crippen LogP contribution in [0.1, 0.15) is 5.56 Å². The Kier molecular flexibility index (Phi) is 5.14. The minimum absolute atomic E-state index is 0.258. The number of morpholine rings is 1. The fourth-order valence-electron chi connectivity index (χ4n) is 3.86. The van der Waals surface area contributed by atoms with E-state index in [0.717, 1.165) is 60.3 Å². The largest absolute Gasteiger partial charge is 0.378 e. The van der Waals surface area contributed by atoms with Gasteiger partial charge in [0.15, 0.2) is 0 Å². The first-order valence-corrected chi connectivity index (χ1v) is 11.2. The molecule has 154 valence electrons. The highest BCUT2D eigenvalue weighted by Crippen LogP contribution is 2.39. The molecule has 2 aromatic heterocycles. The number of fused-ring (bicyclic) bond motifs is 1. The molecule has 0 bridgehead atoms. The molecule has 2 aliphatic heterocycles. The highest BCUT2D eigenvalue weighted by molar-refractivity contribution is 7.98. The highest BCUT2D eigenvalue weighted by atomic mass is 32.2. The van der Waals surface area contributed by atoms with Gasteiger partial charge in [0.05, 0.1) is 18.9 Å². The van der Waals surface area contributed by atoms with E-state index < -0.39 is 0 Å². The van der Waals surface area contributed by atoms with E-state index in [1.807, 2.05) is 0 Å². The Labute approximate surface area is 179 Å².